The zero-order valence-corrected chi connectivity index (χ0v) is 7.31. The molecule has 1 aromatic rings. The lowest BCUT2D eigenvalue weighted by molar-refractivity contribution is 0.625. The summed E-state index contributed by atoms with van der Waals surface area (Å²) in [7, 11) is 0. The largest absolute Gasteiger partial charge is 0.207 e. The average Bonchev–Trinajstić information content (AvgIpc) is 2.08. The van der Waals surface area contributed by atoms with Crippen molar-refractivity contribution in [1.82, 2.24) is 0 Å². The van der Waals surface area contributed by atoms with Crippen molar-refractivity contribution in [3.8, 4) is 0 Å². The summed E-state index contributed by atoms with van der Waals surface area (Å²) in [5.74, 6) is -0.153. The first-order valence-electron chi connectivity index (χ1n) is 4.16. The van der Waals surface area contributed by atoms with E-state index >= 15 is 0 Å². The summed E-state index contributed by atoms with van der Waals surface area (Å²) in [6.07, 6.45) is 3.54. The third-order valence-electron chi connectivity index (χ3n) is 1.91. The highest BCUT2D eigenvalue weighted by molar-refractivity contribution is 5.29. The van der Waals surface area contributed by atoms with Crippen molar-refractivity contribution in [2.24, 2.45) is 0 Å². The lowest BCUT2D eigenvalue weighted by atomic mass is 10.0. The molecule has 1 aromatic carbocycles. The standard InChI is InChI=1S/C11H13F/c1-3-5-10-6-7-11(12)8-9(10)4-2/h3,6-8H,1,4-5H2,2H3. The zero-order chi connectivity index (χ0) is 8.97. The first-order valence-corrected chi connectivity index (χ1v) is 4.16. The van der Waals surface area contributed by atoms with E-state index in [1.165, 1.54) is 11.6 Å². The van der Waals surface area contributed by atoms with Gasteiger partial charge >= 0.3 is 0 Å². The van der Waals surface area contributed by atoms with Gasteiger partial charge in [-0.25, -0.2) is 4.39 Å². The maximum Gasteiger partial charge on any atom is 0.123 e. The minimum atomic E-state index is -0.153. The number of hydrogen-bond acceptors (Lipinski definition) is 0. The van der Waals surface area contributed by atoms with Gasteiger partial charge in [-0.3, -0.25) is 0 Å². The monoisotopic (exact) mass is 164 g/mol. The van der Waals surface area contributed by atoms with Crippen LogP contribution in [0.25, 0.3) is 0 Å². The first-order chi connectivity index (χ1) is 5.77. The van der Waals surface area contributed by atoms with Gasteiger partial charge in [0, 0.05) is 0 Å². The van der Waals surface area contributed by atoms with E-state index in [2.05, 4.69) is 6.58 Å². The molecule has 0 spiro atoms. The minimum Gasteiger partial charge on any atom is -0.207 e. The van der Waals surface area contributed by atoms with Crippen molar-refractivity contribution in [2.75, 3.05) is 0 Å². The Hall–Kier alpha value is -1.11. The molecule has 0 aliphatic heterocycles. The Balaban J connectivity index is 3.01. The van der Waals surface area contributed by atoms with Crippen molar-refractivity contribution < 1.29 is 4.39 Å². The van der Waals surface area contributed by atoms with E-state index in [1.807, 2.05) is 19.1 Å². The van der Waals surface area contributed by atoms with Crippen LogP contribution >= 0.6 is 0 Å². The highest BCUT2D eigenvalue weighted by Gasteiger charge is 1.99. The molecule has 12 heavy (non-hydrogen) atoms. The van der Waals surface area contributed by atoms with E-state index in [9.17, 15) is 4.39 Å². The molecule has 0 heterocycles. The van der Waals surface area contributed by atoms with Crippen LogP contribution in [0.3, 0.4) is 0 Å². The molecule has 0 aliphatic rings. The fraction of sp³-hybridized carbons (Fsp3) is 0.273. The van der Waals surface area contributed by atoms with Crippen LogP contribution in [-0.4, -0.2) is 0 Å². The number of aryl methyl sites for hydroxylation is 1. The van der Waals surface area contributed by atoms with Gasteiger partial charge in [0.05, 0.1) is 0 Å². The van der Waals surface area contributed by atoms with E-state index in [0.29, 0.717) is 0 Å². The van der Waals surface area contributed by atoms with Gasteiger partial charge in [0.2, 0.25) is 0 Å². The highest BCUT2D eigenvalue weighted by Crippen LogP contribution is 2.12. The molecule has 0 nitrogen and oxygen atoms in total. The lowest BCUT2D eigenvalue weighted by Gasteiger charge is -2.04. The summed E-state index contributed by atoms with van der Waals surface area (Å²) in [6.45, 7) is 5.69. The molecule has 0 bridgehead atoms. The summed E-state index contributed by atoms with van der Waals surface area (Å²) in [6, 6.07) is 4.92. The van der Waals surface area contributed by atoms with Gasteiger partial charge in [-0.1, -0.05) is 19.1 Å². The summed E-state index contributed by atoms with van der Waals surface area (Å²) in [5, 5.41) is 0. The maximum atomic E-state index is 12.7. The van der Waals surface area contributed by atoms with E-state index < -0.39 is 0 Å². The lowest BCUT2D eigenvalue weighted by Crippen LogP contribution is -1.91. The van der Waals surface area contributed by atoms with Crippen molar-refractivity contribution in [3.63, 3.8) is 0 Å². The van der Waals surface area contributed by atoms with Crippen LogP contribution in [-0.2, 0) is 12.8 Å². The van der Waals surface area contributed by atoms with E-state index in [1.54, 1.807) is 6.07 Å². The van der Waals surface area contributed by atoms with Crippen LogP contribution < -0.4 is 0 Å². The SMILES string of the molecule is C=CCc1ccc(F)cc1CC. The first kappa shape index (κ1) is 8.98. The molecule has 0 aliphatic carbocycles. The van der Waals surface area contributed by atoms with Crippen LogP contribution in [0.15, 0.2) is 30.9 Å². The molecule has 0 saturated heterocycles. The molecule has 64 valence electrons. The average molecular weight is 164 g/mol. The zero-order valence-electron chi connectivity index (χ0n) is 7.31. The Kier molecular flexibility index (Phi) is 3.03. The van der Waals surface area contributed by atoms with Gasteiger partial charge in [0.15, 0.2) is 0 Å². The number of halogens is 1. The number of hydrogen-bond donors (Lipinski definition) is 0. The van der Waals surface area contributed by atoms with Crippen molar-refractivity contribution >= 4 is 0 Å². The smallest absolute Gasteiger partial charge is 0.123 e. The quantitative estimate of drug-likeness (QED) is 0.602. The van der Waals surface area contributed by atoms with Gasteiger partial charge < -0.3 is 0 Å². The number of benzene rings is 1. The summed E-state index contributed by atoms with van der Waals surface area (Å²) >= 11 is 0. The Morgan fingerprint density at radius 1 is 1.42 bits per heavy atom. The molecular formula is C11H13F. The highest BCUT2D eigenvalue weighted by atomic mass is 19.1. The van der Waals surface area contributed by atoms with E-state index in [4.69, 9.17) is 0 Å². The molecule has 0 atom stereocenters. The summed E-state index contributed by atoms with van der Waals surface area (Å²) < 4.78 is 12.7. The molecule has 0 aromatic heterocycles. The molecule has 0 amide bonds. The summed E-state index contributed by atoms with van der Waals surface area (Å²) in [4.78, 5) is 0. The number of allylic oxidation sites excluding steroid dienone is 1. The Bertz CT molecular complexity index is 276. The van der Waals surface area contributed by atoms with Crippen LogP contribution in [0.4, 0.5) is 4.39 Å². The predicted molar refractivity (Wildman–Crippen MR) is 49.7 cm³/mol. The second-order valence-corrected chi connectivity index (χ2v) is 2.76. The molecule has 1 rings (SSSR count). The topological polar surface area (TPSA) is 0 Å². The van der Waals surface area contributed by atoms with Gasteiger partial charge in [0.1, 0.15) is 5.82 Å². The molecule has 1 heteroatoms. The second kappa shape index (κ2) is 4.05. The second-order valence-electron chi connectivity index (χ2n) is 2.76. The van der Waals surface area contributed by atoms with Crippen LogP contribution in [0, 0.1) is 5.82 Å². The van der Waals surface area contributed by atoms with Gasteiger partial charge in [-0.2, -0.15) is 0 Å². The Morgan fingerprint density at radius 2 is 2.17 bits per heavy atom. The fourth-order valence-corrected chi connectivity index (χ4v) is 1.28. The van der Waals surface area contributed by atoms with Crippen LogP contribution in [0.2, 0.25) is 0 Å². The molecular weight excluding hydrogens is 151 g/mol. The number of rotatable bonds is 3. The van der Waals surface area contributed by atoms with Crippen molar-refractivity contribution in [3.05, 3.63) is 47.8 Å². The predicted octanol–water partition coefficient (Wildman–Crippen LogP) is 3.12. The summed E-state index contributed by atoms with van der Waals surface area (Å²) in [5.41, 5.74) is 2.25. The van der Waals surface area contributed by atoms with E-state index in [0.717, 1.165) is 18.4 Å². The molecule has 0 fully saturated rings. The fourth-order valence-electron chi connectivity index (χ4n) is 1.28. The molecule has 0 N–H and O–H groups in total. The maximum absolute atomic E-state index is 12.7. The van der Waals surface area contributed by atoms with Crippen LogP contribution in [0.5, 0.6) is 0 Å². The van der Waals surface area contributed by atoms with E-state index in [-0.39, 0.29) is 5.82 Å². The van der Waals surface area contributed by atoms with Crippen LogP contribution in [0.1, 0.15) is 18.1 Å². The third-order valence-corrected chi connectivity index (χ3v) is 1.91. The minimum absolute atomic E-state index is 0.153. The molecule has 0 saturated carbocycles. The van der Waals surface area contributed by atoms with Crippen molar-refractivity contribution in [2.45, 2.75) is 19.8 Å². The molecule has 0 unspecified atom stereocenters. The van der Waals surface area contributed by atoms with Gasteiger partial charge in [-0.15, -0.1) is 6.58 Å². The Morgan fingerprint density at radius 3 is 2.75 bits per heavy atom. The van der Waals surface area contributed by atoms with Crippen molar-refractivity contribution in [1.29, 1.82) is 0 Å². The molecule has 0 radical (unpaired) electrons. The van der Waals surface area contributed by atoms with Gasteiger partial charge in [-0.05, 0) is 36.1 Å². The third kappa shape index (κ3) is 1.94. The van der Waals surface area contributed by atoms with Gasteiger partial charge in [0.25, 0.3) is 0 Å². The Labute approximate surface area is 72.7 Å². The normalized spacial score (nSPS) is 9.83.